The molecule has 1 saturated carbocycles. The number of carbonyl (C=O) groups is 1. The summed E-state index contributed by atoms with van der Waals surface area (Å²) in [5.41, 5.74) is 6.08. The van der Waals surface area contributed by atoms with Crippen molar-refractivity contribution in [3.63, 3.8) is 0 Å². The molecule has 1 fully saturated rings. The lowest BCUT2D eigenvalue weighted by atomic mass is 10.0. The number of halogens is 1. The SMILES string of the molecule is Cc1c(-c2ccc(F)cc2)nn(CC2CC2)c1Cc1cc(-n2cc3c(n2)CN(C(=O)OC(C)(C)C)C3)ncn1. The van der Waals surface area contributed by atoms with Gasteiger partial charge in [0, 0.05) is 42.0 Å². The first kappa shape index (κ1) is 25.2. The molecule has 0 atom stereocenters. The number of hydrogen-bond acceptors (Lipinski definition) is 6. The molecule has 202 valence electrons. The van der Waals surface area contributed by atoms with E-state index >= 15 is 0 Å². The van der Waals surface area contributed by atoms with Gasteiger partial charge in [0.15, 0.2) is 5.82 Å². The minimum atomic E-state index is -0.541. The van der Waals surface area contributed by atoms with Gasteiger partial charge in [-0.3, -0.25) is 9.58 Å². The smallest absolute Gasteiger partial charge is 0.410 e. The van der Waals surface area contributed by atoms with E-state index < -0.39 is 5.60 Å². The summed E-state index contributed by atoms with van der Waals surface area (Å²) < 4.78 is 22.9. The molecule has 39 heavy (non-hydrogen) atoms. The van der Waals surface area contributed by atoms with Gasteiger partial charge in [-0.2, -0.15) is 10.2 Å². The highest BCUT2D eigenvalue weighted by atomic mass is 19.1. The van der Waals surface area contributed by atoms with Crippen LogP contribution in [-0.2, 0) is 30.8 Å². The van der Waals surface area contributed by atoms with Gasteiger partial charge in [0.1, 0.15) is 17.7 Å². The third-order valence-corrected chi connectivity index (χ3v) is 7.09. The number of ether oxygens (including phenoxy) is 1. The van der Waals surface area contributed by atoms with E-state index in [1.165, 1.54) is 25.0 Å². The van der Waals surface area contributed by atoms with Crippen LogP contribution in [0, 0.1) is 18.7 Å². The van der Waals surface area contributed by atoms with E-state index in [-0.39, 0.29) is 11.9 Å². The first-order valence-corrected chi connectivity index (χ1v) is 13.3. The molecule has 4 aromatic rings. The summed E-state index contributed by atoms with van der Waals surface area (Å²) in [6.07, 6.45) is 6.17. The standard InChI is InChI=1S/C29H32FN7O2/c1-18-25(36(13-19-5-6-19)34-27(18)20-7-9-22(30)10-8-20)11-23-12-26(32-17-31-23)37-15-21-14-35(16-24(21)33-37)28(38)39-29(2,3)4/h7-10,12,15,17,19H,5-6,11,13-14,16H2,1-4H3. The molecule has 1 aliphatic carbocycles. The molecule has 6 rings (SSSR count). The first-order valence-electron chi connectivity index (χ1n) is 13.3. The molecular weight excluding hydrogens is 497 g/mol. The molecule has 1 amide bonds. The Balaban J connectivity index is 1.23. The Hall–Kier alpha value is -4.08. The van der Waals surface area contributed by atoms with Crippen molar-refractivity contribution >= 4 is 6.09 Å². The number of hydrogen-bond donors (Lipinski definition) is 0. The topological polar surface area (TPSA) is 91.0 Å². The molecular formula is C29H32FN7O2. The van der Waals surface area contributed by atoms with Crippen LogP contribution < -0.4 is 0 Å². The quantitative estimate of drug-likeness (QED) is 0.340. The third-order valence-electron chi connectivity index (χ3n) is 7.09. The fraction of sp³-hybridized carbons (Fsp3) is 0.414. The van der Waals surface area contributed by atoms with Gasteiger partial charge in [0.2, 0.25) is 0 Å². The van der Waals surface area contributed by atoms with E-state index in [0.29, 0.717) is 31.2 Å². The second kappa shape index (κ2) is 9.59. The van der Waals surface area contributed by atoms with E-state index in [1.54, 1.807) is 28.0 Å². The number of benzene rings is 1. The van der Waals surface area contributed by atoms with Crippen molar-refractivity contribution in [1.29, 1.82) is 0 Å². The van der Waals surface area contributed by atoms with Crippen LogP contribution in [0.25, 0.3) is 17.1 Å². The molecule has 2 aliphatic rings. The molecule has 0 radical (unpaired) electrons. The predicted molar refractivity (Wildman–Crippen MR) is 143 cm³/mol. The molecule has 9 nitrogen and oxygen atoms in total. The highest BCUT2D eigenvalue weighted by Gasteiger charge is 2.30. The van der Waals surface area contributed by atoms with Gasteiger partial charge in [-0.05, 0) is 76.3 Å². The molecule has 0 bridgehead atoms. The maximum absolute atomic E-state index is 13.5. The molecule has 0 N–H and O–H groups in total. The van der Waals surface area contributed by atoms with E-state index in [9.17, 15) is 9.18 Å². The van der Waals surface area contributed by atoms with Gasteiger partial charge < -0.3 is 4.74 Å². The summed E-state index contributed by atoms with van der Waals surface area (Å²) in [7, 11) is 0. The molecule has 1 aliphatic heterocycles. The lowest BCUT2D eigenvalue weighted by Crippen LogP contribution is -2.33. The summed E-state index contributed by atoms with van der Waals surface area (Å²) in [6, 6.07) is 8.44. The van der Waals surface area contributed by atoms with Crippen molar-refractivity contribution < 1.29 is 13.9 Å². The van der Waals surface area contributed by atoms with Gasteiger partial charge in [-0.25, -0.2) is 23.8 Å². The highest BCUT2D eigenvalue weighted by Crippen LogP contribution is 2.34. The second-order valence-electron chi connectivity index (χ2n) is 11.5. The van der Waals surface area contributed by atoms with Crippen LogP contribution in [0.15, 0.2) is 42.9 Å². The summed E-state index contributed by atoms with van der Waals surface area (Å²) >= 11 is 0. The maximum atomic E-state index is 13.5. The number of rotatable bonds is 6. The second-order valence-corrected chi connectivity index (χ2v) is 11.5. The Morgan fingerprint density at radius 3 is 2.56 bits per heavy atom. The zero-order chi connectivity index (χ0) is 27.3. The van der Waals surface area contributed by atoms with E-state index in [2.05, 4.69) is 21.6 Å². The summed E-state index contributed by atoms with van der Waals surface area (Å²) in [5.74, 6) is 1.06. The van der Waals surface area contributed by atoms with Crippen LogP contribution in [0.4, 0.5) is 9.18 Å². The van der Waals surface area contributed by atoms with Gasteiger partial charge >= 0.3 is 6.09 Å². The first-order chi connectivity index (χ1) is 18.6. The normalized spacial score (nSPS) is 15.1. The van der Waals surface area contributed by atoms with Crippen LogP contribution in [0.5, 0.6) is 0 Å². The van der Waals surface area contributed by atoms with Gasteiger partial charge in [-0.15, -0.1) is 0 Å². The lowest BCUT2D eigenvalue weighted by Gasteiger charge is -2.24. The Labute approximate surface area is 226 Å². The van der Waals surface area contributed by atoms with Crippen molar-refractivity contribution in [2.45, 2.75) is 72.2 Å². The average molecular weight is 530 g/mol. The molecule has 3 aromatic heterocycles. The molecule has 0 spiro atoms. The lowest BCUT2D eigenvalue weighted by molar-refractivity contribution is 0.0239. The monoisotopic (exact) mass is 529 g/mol. The van der Waals surface area contributed by atoms with E-state index in [4.69, 9.17) is 14.9 Å². The molecule has 1 aromatic carbocycles. The summed E-state index contributed by atoms with van der Waals surface area (Å²) in [5, 5.41) is 9.64. The zero-order valence-corrected chi connectivity index (χ0v) is 22.7. The van der Waals surface area contributed by atoms with Gasteiger partial charge in [0.25, 0.3) is 0 Å². The highest BCUT2D eigenvalue weighted by molar-refractivity contribution is 5.69. The zero-order valence-electron chi connectivity index (χ0n) is 22.7. The minimum absolute atomic E-state index is 0.260. The van der Waals surface area contributed by atoms with E-state index in [1.807, 2.05) is 33.0 Å². The maximum Gasteiger partial charge on any atom is 0.410 e. The van der Waals surface area contributed by atoms with Crippen LogP contribution in [0.1, 0.15) is 61.8 Å². The Morgan fingerprint density at radius 2 is 1.87 bits per heavy atom. The molecule has 10 heteroatoms. The van der Waals surface area contributed by atoms with Crippen molar-refractivity contribution in [3.8, 4) is 17.1 Å². The predicted octanol–water partition coefficient (Wildman–Crippen LogP) is 5.22. The fourth-order valence-corrected chi connectivity index (χ4v) is 4.89. The van der Waals surface area contributed by atoms with Crippen molar-refractivity contribution in [2.24, 2.45) is 5.92 Å². The van der Waals surface area contributed by atoms with Crippen LogP contribution in [-0.4, -0.2) is 46.1 Å². The van der Waals surface area contributed by atoms with E-state index in [0.717, 1.165) is 46.0 Å². The van der Waals surface area contributed by atoms with Crippen LogP contribution >= 0.6 is 0 Å². The number of fused-ring (bicyclic) bond motifs is 1. The van der Waals surface area contributed by atoms with Crippen molar-refractivity contribution in [1.82, 2.24) is 34.4 Å². The number of carbonyl (C=O) groups excluding carboxylic acids is 1. The average Bonchev–Trinajstić information content (AvgIpc) is 3.35. The number of nitrogens with zero attached hydrogens (tertiary/aromatic N) is 7. The Kier molecular flexibility index (Phi) is 6.20. The largest absolute Gasteiger partial charge is 0.444 e. The Morgan fingerprint density at radius 1 is 1.10 bits per heavy atom. The van der Waals surface area contributed by atoms with Crippen molar-refractivity contribution in [3.05, 3.63) is 76.9 Å². The van der Waals surface area contributed by atoms with Crippen molar-refractivity contribution in [2.75, 3.05) is 0 Å². The Bertz CT molecular complexity index is 1510. The molecule has 0 saturated heterocycles. The number of aromatic nitrogens is 6. The number of amides is 1. The molecule has 0 unspecified atom stereocenters. The fourth-order valence-electron chi connectivity index (χ4n) is 4.89. The molecule has 4 heterocycles. The summed E-state index contributed by atoms with van der Waals surface area (Å²) in [6.45, 7) is 9.37. The van der Waals surface area contributed by atoms with Crippen LogP contribution in [0.2, 0.25) is 0 Å². The third kappa shape index (κ3) is 5.41. The van der Waals surface area contributed by atoms with Gasteiger partial charge in [0.05, 0.1) is 30.2 Å². The minimum Gasteiger partial charge on any atom is -0.444 e. The van der Waals surface area contributed by atoms with Gasteiger partial charge in [-0.1, -0.05) is 0 Å². The van der Waals surface area contributed by atoms with Crippen LogP contribution in [0.3, 0.4) is 0 Å². The summed E-state index contributed by atoms with van der Waals surface area (Å²) in [4.78, 5) is 23.1.